The van der Waals surface area contributed by atoms with Crippen LogP contribution in [0.25, 0.3) is 0 Å². The number of rotatable bonds is 4. The van der Waals surface area contributed by atoms with Gasteiger partial charge in [-0.05, 0) is 19.3 Å². The van der Waals surface area contributed by atoms with Crippen molar-refractivity contribution < 1.29 is 0 Å². The van der Waals surface area contributed by atoms with Crippen LogP contribution in [0.4, 0.5) is 0 Å². The van der Waals surface area contributed by atoms with Gasteiger partial charge in [-0.15, -0.1) is 0 Å². The van der Waals surface area contributed by atoms with Crippen molar-refractivity contribution >= 4 is 5.84 Å². The van der Waals surface area contributed by atoms with E-state index in [1.165, 1.54) is 25.7 Å². The van der Waals surface area contributed by atoms with E-state index in [1.54, 1.807) is 0 Å². The van der Waals surface area contributed by atoms with Crippen LogP contribution in [-0.2, 0) is 0 Å². The normalized spacial score (nSPS) is 20.2. The second-order valence-electron chi connectivity index (χ2n) is 3.59. The number of hydrogen-bond acceptors (Lipinski definition) is 1. The van der Waals surface area contributed by atoms with Gasteiger partial charge in [0.1, 0.15) is 0 Å². The maximum atomic E-state index is 7.74. The second-order valence-corrected chi connectivity index (χ2v) is 3.59. The molecule has 1 atom stereocenters. The van der Waals surface area contributed by atoms with E-state index in [9.17, 15) is 0 Å². The Hall–Kier alpha value is -0.530. The maximum Gasteiger partial charge on any atom is 0.0960 e. The van der Waals surface area contributed by atoms with Gasteiger partial charge < -0.3 is 4.90 Å². The lowest BCUT2D eigenvalue weighted by Crippen LogP contribution is -2.35. The average molecular weight is 168 g/mol. The van der Waals surface area contributed by atoms with Gasteiger partial charge in [0.15, 0.2) is 0 Å². The number of nitrogens with one attached hydrogen (secondary N) is 1. The van der Waals surface area contributed by atoms with Gasteiger partial charge in [0.05, 0.1) is 5.84 Å². The number of hydrogen-bond donors (Lipinski definition) is 1. The van der Waals surface area contributed by atoms with Crippen LogP contribution in [0, 0.1) is 5.41 Å². The first-order valence-electron chi connectivity index (χ1n) is 5.13. The molecular formula is C10H20N2. The van der Waals surface area contributed by atoms with Gasteiger partial charge in [0.2, 0.25) is 0 Å². The minimum Gasteiger partial charge on any atom is -0.358 e. The smallest absolute Gasteiger partial charge is 0.0960 e. The quantitative estimate of drug-likeness (QED) is 0.686. The molecule has 1 aliphatic heterocycles. The van der Waals surface area contributed by atoms with E-state index in [4.69, 9.17) is 5.41 Å². The summed E-state index contributed by atoms with van der Waals surface area (Å²) in [4.78, 5) is 2.30. The molecule has 0 aromatic carbocycles. The van der Waals surface area contributed by atoms with Crippen LogP contribution in [0.5, 0.6) is 0 Å². The van der Waals surface area contributed by atoms with Crippen LogP contribution in [-0.4, -0.2) is 23.3 Å². The van der Waals surface area contributed by atoms with Crippen LogP contribution in [0.2, 0.25) is 0 Å². The molecule has 1 N–H and O–H groups in total. The molecular weight excluding hydrogens is 148 g/mol. The molecule has 1 fully saturated rings. The summed E-state index contributed by atoms with van der Waals surface area (Å²) in [5, 5.41) is 7.74. The second kappa shape index (κ2) is 4.48. The Morgan fingerprint density at radius 1 is 1.50 bits per heavy atom. The fourth-order valence-corrected chi connectivity index (χ4v) is 2.01. The van der Waals surface area contributed by atoms with Crippen LogP contribution < -0.4 is 0 Å². The van der Waals surface area contributed by atoms with E-state index >= 15 is 0 Å². The predicted molar refractivity (Wildman–Crippen MR) is 52.7 cm³/mol. The monoisotopic (exact) mass is 168 g/mol. The summed E-state index contributed by atoms with van der Waals surface area (Å²) in [7, 11) is 0. The summed E-state index contributed by atoms with van der Waals surface area (Å²) in [5.74, 6) is 0.871. The lowest BCUT2D eigenvalue weighted by molar-refractivity contribution is 0.304. The Morgan fingerprint density at radius 2 is 2.25 bits per heavy atom. The highest BCUT2D eigenvalue weighted by molar-refractivity contribution is 5.81. The van der Waals surface area contributed by atoms with Crippen LogP contribution in [0.15, 0.2) is 0 Å². The topological polar surface area (TPSA) is 27.1 Å². The lowest BCUT2D eigenvalue weighted by atomic mass is 10.1. The fraction of sp³-hybridized carbons (Fsp3) is 0.900. The summed E-state index contributed by atoms with van der Waals surface area (Å²) < 4.78 is 0. The van der Waals surface area contributed by atoms with E-state index in [0.29, 0.717) is 6.04 Å². The fourth-order valence-electron chi connectivity index (χ4n) is 2.01. The van der Waals surface area contributed by atoms with Gasteiger partial charge in [-0.1, -0.05) is 20.3 Å². The molecule has 0 bridgehead atoms. The average Bonchev–Trinajstić information content (AvgIpc) is 2.47. The number of amidine groups is 1. The van der Waals surface area contributed by atoms with Crippen molar-refractivity contribution in [3.63, 3.8) is 0 Å². The highest BCUT2D eigenvalue weighted by Crippen LogP contribution is 2.18. The molecule has 0 saturated carbocycles. The summed E-state index contributed by atoms with van der Waals surface area (Å²) in [5.41, 5.74) is 0. The molecule has 0 radical (unpaired) electrons. The van der Waals surface area contributed by atoms with E-state index in [-0.39, 0.29) is 0 Å². The SMILES string of the molecule is CCCC(CC)N1CCCC1=N. The standard InChI is InChI=1S/C10H20N2/c1-3-6-9(4-2)12-8-5-7-10(12)11/h9,11H,3-8H2,1-2H3. The van der Waals surface area contributed by atoms with Gasteiger partial charge >= 0.3 is 0 Å². The molecule has 1 unspecified atom stereocenters. The van der Waals surface area contributed by atoms with E-state index < -0.39 is 0 Å². The molecule has 70 valence electrons. The number of likely N-dealkylation sites (tertiary alicyclic amines) is 1. The van der Waals surface area contributed by atoms with Gasteiger partial charge in [-0.3, -0.25) is 5.41 Å². The molecule has 2 heteroatoms. The van der Waals surface area contributed by atoms with Crippen molar-refractivity contribution in [2.75, 3.05) is 6.54 Å². The van der Waals surface area contributed by atoms with Gasteiger partial charge in [-0.2, -0.15) is 0 Å². The Balaban J connectivity index is 2.46. The zero-order valence-electron chi connectivity index (χ0n) is 8.27. The number of nitrogens with zero attached hydrogens (tertiary/aromatic N) is 1. The third kappa shape index (κ3) is 1.99. The molecule has 0 amide bonds. The molecule has 0 aromatic heterocycles. The van der Waals surface area contributed by atoms with Crippen molar-refractivity contribution in [2.24, 2.45) is 0 Å². The Morgan fingerprint density at radius 3 is 2.67 bits per heavy atom. The van der Waals surface area contributed by atoms with E-state index in [1.807, 2.05) is 0 Å². The third-order valence-corrected chi connectivity index (χ3v) is 2.69. The van der Waals surface area contributed by atoms with Gasteiger partial charge in [0.25, 0.3) is 0 Å². The zero-order valence-corrected chi connectivity index (χ0v) is 8.27. The van der Waals surface area contributed by atoms with E-state index in [2.05, 4.69) is 18.7 Å². The van der Waals surface area contributed by atoms with E-state index in [0.717, 1.165) is 18.8 Å². The molecule has 2 nitrogen and oxygen atoms in total. The summed E-state index contributed by atoms with van der Waals surface area (Å²) in [6, 6.07) is 0.644. The van der Waals surface area contributed by atoms with Crippen LogP contribution >= 0.6 is 0 Å². The van der Waals surface area contributed by atoms with Crippen molar-refractivity contribution in [3.05, 3.63) is 0 Å². The molecule has 1 rings (SSSR count). The lowest BCUT2D eigenvalue weighted by Gasteiger charge is -2.28. The van der Waals surface area contributed by atoms with Gasteiger partial charge in [-0.25, -0.2) is 0 Å². The van der Waals surface area contributed by atoms with Crippen LogP contribution in [0.3, 0.4) is 0 Å². The molecule has 0 aliphatic carbocycles. The highest BCUT2D eigenvalue weighted by atomic mass is 15.2. The zero-order chi connectivity index (χ0) is 8.97. The van der Waals surface area contributed by atoms with Crippen molar-refractivity contribution in [3.8, 4) is 0 Å². The summed E-state index contributed by atoms with van der Waals surface area (Å²) in [6.45, 7) is 5.58. The van der Waals surface area contributed by atoms with Crippen molar-refractivity contribution in [1.29, 1.82) is 5.41 Å². The Bertz CT molecular complexity index is 154. The molecule has 1 saturated heterocycles. The first-order chi connectivity index (χ1) is 5.79. The van der Waals surface area contributed by atoms with Gasteiger partial charge in [0, 0.05) is 19.0 Å². The maximum absolute atomic E-state index is 7.74. The molecule has 0 aromatic rings. The highest BCUT2D eigenvalue weighted by Gasteiger charge is 2.22. The summed E-state index contributed by atoms with van der Waals surface area (Å²) in [6.07, 6.45) is 5.87. The molecule has 1 heterocycles. The molecule has 12 heavy (non-hydrogen) atoms. The van der Waals surface area contributed by atoms with Crippen molar-refractivity contribution in [1.82, 2.24) is 4.90 Å². The molecule has 1 aliphatic rings. The first kappa shape index (κ1) is 9.56. The summed E-state index contributed by atoms with van der Waals surface area (Å²) >= 11 is 0. The Labute approximate surface area is 75.5 Å². The third-order valence-electron chi connectivity index (χ3n) is 2.69. The predicted octanol–water partition coefficient (Wildman–Crippen LogP) is 2.64. The minimum atomic E-state index is 0.644. The van der Waals surface area contributed by atoms with Crippen molar-refractivity contribution in [2.45, 2.75) is 52.0 Å². The minimum absolute atomic E-state index is 0.644. The Kier molecular flexibility index (Phi) is 3.57. The largest absolute Gasteiger partial charge is 0.358 e. The molecule has 0 spiro atoms. The first-order valence-corrected chi connectivity index (χ1v) is 5.13. The van der Waals surface area contributed by atoms with Crippen LogP contribution in [0.1, 0.15) is 46.0 Å².